The van der Waals surface area contributed by atoms with Gasteiger partial charge in [-0.25, -0.2) is 0 Å². The molecule has 2 N–H and O–H groups in total. The summed E-state index contributed by atoms with van der Waals surface area (Å²) in [5.41, 5.74) is 5.39. The Morgan fingerprint density at radius 3 is 3.38 bits per heavy atom. The smallest absolute Gasteiger partial charge is 0.137 e. The predicted molar refractivity (Wildman–Crippen MR) is 31.5 cm³/mol. The van der Waals surface area contributed by atoms with Crippen LogP contribution in [0.1, 0.15) is 6.42 Å². The molecule has 0 spiro atoms. The molecule has 1 unspecified atom stereocenters. The normalized spacial score (nSPS) is 27.9. The van der Waals surface area contributed by atoms with E-state index in [2.05, 4.69) is 10.2 Å². The molecule has 3 heteroatoms. The molecule has 0 aromatic heterocycles. The molecule has 0 saturated carbocycles. The number of hydrogen-bond acceptors (Lipinski definition) is 3. The Bertz CT molecular complexity index is 103. The fourth-order valence-electron chi connectivity index (χ4n) is 0.558. The summed E-state index contributed by atoms with van der Waals surface area (Å²) in [7, 11) is 0. The molecule has 1 atom stereocenters. The summed E-state index contributed by atoms with van der Waals surface area (Å²) in [6.07, 6.45) is 4.63. The van der Waals surface area contributed by atoms with Crippen LogP contribution < -0.4 is 5.73 Å². The van der Waals surface area contributed by atoms with E-state index >= 15 is 0 Å². The van der Waals surface area contributed by atoms with Crippen LogP contribution in [0.2, 0.25) is 0 Å². The van der Waals surface area contributed by atoms with E-state index in [-0.39, 0.29) is 6.17 Å². The van der Waals surface area contributed by atoms with Gasteiger partial charge in [0, 0.05) is 0 Å². The molecule has 1 aliphatic rings. The molecule has 3 nitrogen and oxygen atoms in total. The van der Waals surface area contributed by atoms with E-state index < -0.39 is 0 Å². The summed E-state index contributed by atoms with van der Waals surface area (Å²) in [5, 5.41) is 7.53. The minimum Gasteiger partial charge on any atom is -0.305 e. The number of hydrogen-bond donors (Lipinski definition) is 1. The van der Waals surface area contributed by atoms with E-state index in [0.29, 0.717) is 0 Å². The largest absolute Gasteiger partial charge is 0.305 e. The molecule has 1 rings (SSSR count). The van der Waals surface area contributed by atoms with E-state index in [1.807, 2.05) is 12.2 Å². The van der Waals surface area contributed by atoms with Gasteiger partial charge in [0.25, 0.3) is 0 Å². The Hall–Kier alpha value is -0.700. The molecule has 0 saturated heterocycles. The van der Waals surface area contributed by atoms with Gasteiger partial charge >= 0.3 is 0 Å². The Morgan fingerprint density at radius 1 is 1.62 bits per heavy atom. The highest BCUT2D eigenvalue weighted by atomic mass is 15.2. The third kappa shape index (κ3) is 1.42. The van der Waals surface area contributed by atoms with E-state index in [9.17, 15) is 0 Å². The lowest BCUT2D eigenvalue weighted by molar-refractivity contribution is 0.784. The average molecular weight is 111 g/mol. The first-order valence-electron chi connectivity index (χ1n) is 2.68. The summed E-state index contributed by atoms with van der Waals surface area (Å²) in [6, 6.07) is 0. The van der Waals surface area contributed by atoms with Gasteiger partial charge in [0.2, 0.25) is 0 Å². The van der Waals surface area contributed by atoms with Crippen molar-refractivity contribution in [2.24, 2.45) is 16.0 Å². The van der Waals surface area contributed by atoms with Gasteiger partial charge in [-0.05, 0) is 12.5 Å². The highest BCUT2D eigenvalue weighted by Gasteiger charge is 1.93. The molecule has 0 radical (unpaired) electrons. The minimum atomic E-state index is -0.197. The van der Waals surface area contributed by atoms with Crippen molar-refractivity contribution >= 4 is 0 Å². The van der Waals surface area contributed by atoms with Gasteiger partial charge in [0.15, 0.2) is 0 Å². The lowest BCUT2D eigenvalue weighted by atomic mass is 10.3. The van der Waals surface area contributed by atoms with Gasteiger partial charge in [0.1, 0.15) is 6.17 Å². The topological polar surface area (TPSA) is 50.7 Å². The lowest BCUT2D eigenvalue weighted by Gasteiger charge is -1.89. The Balaban J connectivity index is 2.51. The highest BCUT2D eigenvalue weighted by molar-refractivity contribution is 4.91. The van der Waals surface area contributed by atoms with Gasteiger partial charge in [0.05, 0.1) is 6.54 Å². The van der Waals surface area contributed by atoms with Crippen molar-refractivity contribution in [2.75, 3.05) is 6.54 Å². The summed E-state index contributed by atoms with van der Waals surface area (Å²) >= 11 is 0. The zero-order valence-electron chi connectivity index (χ0n) is 4.62. The Morgan fingerprint density at radius 2 is 2.50 bits per heavy atom. The molecule has 1 aliphatic heterocycles. The first-order valence-corrected chi connectivity index (χ1v) is 2.68. The summed E-state index contributed by atoms with van der Waals surface area (Å²) < 4.78 is 0. The minimum absolute atomic E-state index is 0.197. The molecule has 0 amide bonds. The van der Waals surface area contributed by atoms with E-state index in [1.165, 1.54) is 0 Å². The van der Waals surface area contributed by atoms with Crippen LogP contribution in [0.4, 0.5) is 0 Å². The van der Waals surface area contributed by atoms with Crippen molar-refractivity contribution in [1.82, 2.24) is 0 Å². The fraction of sp³-hybridized carbons (Fsp3) is 0.600. The van der Waals surface area contributed by atoms with Gasteiger partial charge < -0.3 is 5.73 Å². The van der Waals surface area contributed by atoms with Crippen molar-refractivity contribution in [3.8, 4) is 0 Å². The standard InChI is InChI=1S/C5H9N3/c6-5-3-1-2-4-7-8-5/h1,3,5H,2,4,6H2. The van der Waals surface area contributed by atoms with Gasteiger partial charge in [-0.2, -0.15) is 10.2 Å². The molecular weight excluding hydrogens is 102 g/mol. The lowest BCUT2D eigenvalue weighted by Crippen LogP contribution is -2.11. The first-order chi connectivity index (χ1) is 3.89. The number of azo groups is 1. The predicted octanol–water partition coefficient (Wildman–Crippen LogP) is 0.683. The summed E-state index contributed by atoms with van der Waals surface area (Å²) in [6.45, 7) is 0.782. The third-order valence-corrected chi connectivity index (χ3v) is 0.944. The SMILES string of the molecule is NC1C=CCCN=N1. The molecule has 0 aliphatic carbocycles. The van der Waals surface area contributed by atoms with E-state index in [0.717, 1.165) is 13.0 Å². The van der Waals surface area contributed by atoms with Gasteiger partial charge in [-0.1, -0.05) is 6.08 Å². The van der Waals surface area contributed by atoms with E-state index in [4.69, 9.17) is 5.73 Å². The van der Waals surface area contributed by atoms with Crippen LogP contribution in [0.15, 0.2) is 22.4 Å². The van der Waals surface area contributed by atoms with Crippen LogP contribution in [-0.4, -0.2) is 12.7 Å². The summed E-state index contributed by atoms with van der Waals surface area (Å²) in [4.78, 5) is 0. The number of nitrogens with two attached hydrogens (primary N) is 1. The number of rotatable bonds is 0. The zero-order chi connectivity index (χ0) is 5.82. The van der Waals surface area contributed by atoms with Crippen LogP contribution in [0.3, 0.4) is 0 Å². The van der Waals surface area contributed by atoms with Crippen molar-refractivity contribution in [1.29, 1.82) is 0 Å². The fourth-order valence-corrected chi connectivity index (χ4v) is 0.558. The van der Waals surface area contributed by atoms with Crippen molar-refractivity contribution in [3.63, 3.8) is 0 Å². The first kappa shape index (κ1) is 5.44. The molecule has 0 aromatic carbocycles. The maximum atomic E-state index is 5.39. The van der Waals surface area contributed by atoms with Crippen LogP contribution in [0.25, 0.3) is 0 Å². The Kier molecular flexibility index (Phi) is 1.75. The Labute approximate surface area is 48.3 Å². The van der Waals surface area contributed by atoms with Crippen LogP contribution in [0, 0.1) is 0 Å². The summed E-state index contributed by atoms with van der Waals surface area (Å²) in [5.74, 6) is 0. The van der Waals surface area contributed by atoms with Crippen molar-refractivity contribution in [3.05, 3.63) is 12.2 Å². The second-order valence-corrected chi connectivity index (χ2v) is 1.69. The molecule has 0 fully saturated rings. The van der Waals surface area contributed by atoms with Gasteiger partial charge in [-0.15, -0.1) is 0 Å². The molecular formula is C5H9N3. The zero-order valence-corrected chi connectivity index (χ0v) is 4.62. The molecule has 8 heavy (non-hydrogen) atoms. The van der Waals surface area contributed by atoms with E-state index in [1.54, 1.807) is 0 Å². The second kappa shape index (κ2) is 2.57. The molecule has 44 valence electrons. The van der Waals surface area contributed by atoms with Crippen molar-refractivity contribution < 1.29 is 0 Å². The third-order valence-electron chi connectivity index (χ3n) is 0.944. The van der Waals surface area contributed by atoms with Crippen LogP contribution in [0.5, 0.6) is 0 Å². The average Bonchev–Trinajstić information content (AvgIpc) is 1.94. The monoisotopic (exact) mass is 111 g/mol. The van der Waals surface area contributed by atoms with Crippen molar-refractivity contribution in [2.45, 2.75) is 12.6 Å². The van der Waals surface area contributed by atoms with Crippen LogP contribution >= 0.6 is 0 Å². The highest BCUT2D eigenvalue weighted by Crippen LogP contribution is 1.95. The maximum Gasteiger partial charge on any atom is 0.137 e. The number of nitrogens with zero attached hydrogens (tertiary/aromatic N) is 2. The molecule has 0 aromatic rings. The molecule has 0 bridgehead atoms. The van der Waals surface area contributed by atoms with Gasteiger partial charge in [-0.3, -0.25) is 0 Å². The molecule has 1 heterocycles. The quantitative estimate of drug-likeness (QED) is 0.459. The maximum absolute atomic E-state index is 5.39. The second-order valence-electron chi connectivity index (χ2n) is 1.69. The van der Waals surface area contributed by atoms with Crippen LogP contribution in [-0.2, 0) is 0 Å².